The molecule has 0 unspecified atom stereocenters. The summed E-state index contributed by atoms with van der Waals surface area (Å²) in [4.78, 5) is 14.8. The van der Waals surface area contributed by atoms with Crippen LogP contribution in [-0.2, 0) is 4.79 Å². The zero-order chi connectivity index (χ0) is 21.8. The smallest absolute Gasteiger partial charge is 0.243 e. The van der Waals surface area contributed by atoms with Crippen LogP contribution in [0.5, 0.6) is 0 Å². The number of hydrogen-bond acceptors (Lipinski definition) is 6. The van der Waals surface area contributed by atoms with E-state index in [-0.39, 0.29) is 17.7 Å². The van der Waals surface area contributed by atoms with Gasteiger partial charge in [0, 0.05) is 22.2 Å². The predicted molar refractivity (Wildman–Crippen MR) is 117 cm³/mol. The molecule has 0 radical (unpaired) electrons. The number of fused-ring (bicyclic) bond motifs is 1. The second kappa shape index (κ2) is 9.92. The molecule has 1 aromatic rings. The van der Waals surface area contributed by atoms with E-state index in [4.69, 9.17) is 0 Å². The van der Waals surface area contributed by atoms with Crippen molar-refractivity contribution < 1.29 is 15.0 Å². The lowest BCUT2D eigenvalue weighted by molar-refractivity contribution is -0.130. The third kappa shape index (κ3) is 5.03. The lowest BCUT2D eigenvalue weighted by Crippen LogP contribution is -2.50. The molecule has 0 saturated carbocycles. The molecule has 1 saturated heterocycles. The SMILES string of the molecule is CC(C)C[C@@H](C(=O)N[C@H](C#N)C[C@@H]1CCN[C@H]1O)N1C=Cc2c(Br)cccc2[C@@H]1O. The number of hydrogen-bond donors (Lipinski definition) is 4. The van der Waals surface area contributed by atoms with E-state index in [1.807, 2.05) is 38.1 Å². The van der Waals surface area contributed by atoms with E-state index in [2.05, 4.69) is 32.6 Å². The molecule has 0 bridgehead atoms. The van der Waals surface area contributed by atoms with Crippen molar-refractivity contribution in [2.75, 3.05) is 6.54 Å². The normalized spacial score (nSPS) is 25.0. The molecule has 1 fully saturated rings. The summed E-state index contributed by atoms with van der Waals surface area (Å²) in [6.07, 6.45) is 3.71. The van der Waals surface area contributed by atoms with E-state index in [0.717, 1.165) is 22.0 Å². The number of halogens is 1. The first-order valence-electron chi connectivity index (χ1n) is 10.3. The molecule has 1 amide bonds. The first-order chi connectivity index (χ1) is 14.3. The molecule has 162 valence electrons. The van der Waals surface area contributed by atoms with Crippen molar-refractivity contribution >= 4 is 27.9 Å². The van der Waals surface area contributed by atoms with E-state index in [0.29, 0.717) is 19.4 Å². The van der Waals surface area contributed by atoms with Gasteiger partial charge in [0.05, 0.1) is 6.07 Å². The Labute approximate surface area is 185 Å². The number of carbonyl (C=O) groups is 1. The fourth-order valence-electron chi connectivity index (χ4n) is 4.14. The summed E-state index contributed by atoms with van der Waals surface area (Å²) in [6, 6.07) is 6.45. The van der Waals surface area contributed by atoms with E-state index in [1.54, 1.807) is 11.1 Å². The molecule has 4 N–H and O–H groups in total. The lowest BCUT2D eigenvalue weighted by atomic mass is 9.95. The fraction of sp³-hybridized carbons (Fsp3) is 0.545. The van der Waals surface area contributed by atoms with Crippen LogP contribution in [0.25, 0.3) is 6.08 Å². The molecule has 1 aromatic carbocycles. The lowest BCUT2D eigenvalue weighted by Gasteiger charge is -2.38. The first-order valence-corrected chi connectivity index (χ1v) is 11.1. The van der Waals surface area contributed by atoms with Gasteiger partial charge in [-0.05, 0) is 49.4 Å². The summed E-state index contributed by atoms with van der Waals surface area (Å²) in [7, 11) is 0. The van der Waals surface area contributed by atoms with Crippen LogP contribution >= 0.6 is 15.9 Å². The van der Waals surface area contributed by atoms with Crippen LogP contribution in [0, 0.1) is 23.2 Å². The van der Waals surface area contributed by atoms with E-state index in [1.165, 1.54) is 0 Å². The standard InChI is InChI=1S/C22H29BrN4O3/c1-13(2)10-19(21(29)26-15(12-24)11-14-6-8-25-20(14)28)27-9-7-16-17(22(27)30)4-3-5-18(16)23/h3-5,7,9,13-15,19-20,22,25,28,30H,6,8,10-11H2,1-2H3,(H,26,29)/t14-,15-,19-,20-,22-/m0/s1. The van der Waals surface area contributed by atoms with Crippen LogP contribution in [0.4, 0.5) is 0 Å². The largest absolute Gasteiger partial charge is 0.378 e. The average Bonchev–Trinajstić information content (AvgIpc) is 3.11. The van der Waals surface area contributed by atoms with E-state index < -0.39 is 24.5 Å². The third-order valence-corrected chi connectivity index (χ3v) is 6.44. The Hall–Kier alpha value is -1.92. The molecule has 7 nitrogen and oxygen atoms in total. The van der Waals surface area contributed by atoms with Gasteiger partial charge in [-0.3, -0.25) is 10.1 Å². The number of amides is 1. The average molecular weight is 477 g/mol. The van der Waals surface area contributed by atoms with Gasteiger partial charge in [0.1, 0.15) is 18.3 Å². The second-order valence-corrected chi connectivity index (χ2v) is 9.25. The molecular formula is C22H29BrN4O3. The monoisotopic (exact) mass is 476 g/mol. The van der Waals surface area contributed by atoms with Gasteiger partial charge in [-0.25, -0.2) is 0 Å². The Kier molecular flexibility index (Phi) is 7.53. The number of nitrogens with zero attached hydrogens (tertiary/aromatic N) is 2. The number of nitriles is 1. The molecule has 0 spiro atoms. The van der Waals surface area contributed by atoms with Crippen molar-refractivity contribution in [3.63, 3.8) is 0 Å². The van der Waals surface area contributed by atoms with Gasteiger partial charge >= 0.3 is 0 Å². The van der Waals surface area contributed by atoms with Crippen molar-refractivity contribution in [2.45, 2.75) is 57.6 Å². The Balaban J connectivity index is 1.77. The van der Waals surface area contributed by atoms with Crippen molar-refractivity contribution in [3.05, 3.63) is 40.0 Å². The van der Waals surface area contributed by atoms with Gasteiger partial charge in [-0.1, -0.05) is 41.9 Å². The number of aliphatic hydroxyl groups is 2. The fourth-order valence-corrected chi connectivity index (χ4v) is 4.66. The Morgan fingerprint density at radius 3 is 2.83 bits per heavy atom. The Morgan fingerprint density at radius 1 is 1.43 bits per heavy atom. The van der Waals surface area contributed by atoms with Crippen LogP contribution in [-0.4, -0.2) is 45.9 Å². The van der Waals surface area contributed by atoms with Crippen molar-refractivity contribution in [3.8, 4) is 6.07 Å². The van der Waals surface area contributed by atoms with Gasteiger partial charge in [0.2, 0.25) is 5.91 Å². The summed E-state index contributed by atoms with van der Waals surface area (Å²) in [5.41, 5.74) is 1.62. The van der Waals surface area contributed by atoms with Crippen LogP contribution < -0.4 is 10.6 Å². The Bertz CT molecular complexity index is 838. The Morgan fingerprint density at radius 2 is 2.20 bits per heavy atom. The van der Waals surface area contributed by atoms with Crippen LogP contribution in [0.1, 0.15) is 50.5 Å². The topological polar surface area (TPSA) is 109 Å². The molecule has 5 atom stereocenters. The number of benzene rings is 1. The van der Waals surface area contributed by atoms with E-state index in [9.17, 15) is 20.3 Å². The molecule has 2 aliphatic rings. The zero-order valence-electron chi connectivity index (χ0n) is 17.3. The quantitative estimate of drug-likeness (QED) is 0.481. The van der Waals surface area contributed by atoms with Gasteiger partial charge in [0.25, 0.3) is 0 Å². The maximum atomic E-state index is 13.2. The maximum Gasteiger partial charge on any atom is 0.243 e. The molecule has 3 rings (SSSR count). The van der Waals surface area contributed by atoms with Crippen LogP contribution in [0.3, 0.4) is 0 Å². The van der Waals surface area contributed by atoms with Crippen molar-refractivity contribution in [1.29, 1.82) is 5.26 Å². The van der Waals surface area contributed by atoms with Crippen LogP contribution in [0.15, 0.2) is 28.9 Å². The highest BCUT2D eigenvalue weighted by Gasteiger charge is 2.35. The number of aliphatic hydroxyl groups excluding tert-OH is 2. The third-order valence-electron chi connectivity index (χ3n) is 5.74. The van der Waals surface area contributed by atoms with Gasteiger partial charge < -0.3 is 20.4 Å². The van der Waals surface area contributed by atoms with E-state index >= 15 is 0 Å². The summed E-state index contributed by atoms with van der Waals surface area (Å²) in [5.74, 6) is -0.146. The molecule has 8 heteroatoms. The molecule has 30 heavy (non-hydrogen) atoms. The molecule has 2 aliphatic heterocycles. The number of nitrogens with one attached hydrogen (secondary N) is 2. The first kappa shape index (κ1) is 22.8. The van der Waals surface area contributed by atoms with Crippen molar-refractivity contribution in [2.24, 2.45) is 11.8 Å². The van der Waals surface area contributed by atoms with Crippen molar-refractivity contribution in [1.82, 2.24) is 15.5 Å². The highest BCUT2D eigenvalue weighted by atomic mass is 79.9. The number of rotatable bonds is 7. The minimum Gasteiger partial charge on any atom is -0.378 e. The number of carbonyl (C=O) groups excluding carboxylic acids is 1. The highest BCUT2D eigenvalue weighted by Crippen LogP contribution is 2.35. The predicted octanol–water partition coefficient (Wildman–Crippen LogP) is 2.47. The van der Waals surface area contributed by atoms with Gasteiger partial charge in [-0.2, -0.15) is 5.26 Å². The molecule has 0 aliphatic carbocycles. The molecular weight excluding hydrogens is 448 g/mol. The summed E-state index contributed by atoms with van der Waals surface area (Å²) >= 11 is 3.50. The highest BCUT2D eigenvalue weighted by molar-refractivity contribution is 9.10. The van der Waals surface area contributed by atoms with Gasteiger partial charge in [0.15, 0.2) is 6.23 Å². The van der Waals surface area contributed by atoms with Crippen LogP contribution in [0.2, 0.25) is 0 Å². The minimum atomic E-state index is -0.960. The molecule has 2 heterocycles. The summed E-state index contributed by atoms with van der Waals surface area (Å²) in [6.45, 7) is 4.74. The summed E-state index contributed by atoms with van der Waals surface area (Å²) < 4.78 is 0.882. The maximum absolute atomic E-state index is 13.2. The molecule has 0 aromatic heterocycles. The minimum absolute atomic E-state index is 0.0665. The van der Waals surface area contributed by atoms with Gasteiger partial charge in [-0.15, -0.1) is 0 Å². The second-order valence-electron chi connectivity index (χ2n) is 8.40. The zero-order valence-corrected chi connectivity index (χ0v) is 18.8. The summed E-state index contributed by atoms with van der Waals surface area (Å²) in [5, 5.41) is 36.3.